The quantitative estimate of drug-likeness (QED) is 0.499. The van der Waals surface area contributed by atoms with E-state index >= 15 is 0 Å². The number of carbonyl (C=O) groups is 1. The number of nitrogens with zero attached hydrogens (tertiary/aromatic N) is 1. The second-order valence-corrected chi connectivity index (χ2v) is 5.21. The molecule has 1 amide bonds. The Bertz CT molecular complexity index is 612. The summed E-state index contributed by atoms with van der Waals surface area (Å²) in [6, 6.07) is 12.3. The lowest BCUT2D eigenvalue weighted by Gasteiger charge is -2.10. The van der Waals surface area contributed by atoms with Gasteiger partial charge in [-0.1, -0.05) is 46.3 Å². The molecule has 7 heteroatoms. The van der Waals surface area contributed by atoms with Crippen LogP contribution in [0.25, 0.3) is 0 Å². The predicted molar refractivity (Wildman–Crippen MR) is 77.9 cm³/mol. The highest BCUT2D eigenvalue weighted by molar-refractivity contribution is 9.09. The Labute approximate surface area is 123 Å². The van der Waals surface area contributed by atoms with Crippen LogP contribution in [0.3, 0.4) is 0 Å². The van der Waals surface area contributed by atoms with Gasteiger partial charge in [-0.2, -0.15) is 0 Å². The summed E-state index contributed by atoms with van der Waals surface area (Å²) in [6.07, 6.45) is 0. The minimum absolute atomic E-state index is 0.0161. The molecule has 20 heavy (non-hydrogen) atoms. The second kappa shape index (κ2) is 6.33. The van der Waals surface area contributed by atoms with Crippen molar-refractivity contribution in [1.29, 1.82) is 0 Å². The molecule has 0 bridgehead atoms. The lowest BCUT2D eigenvalue weighted by Crippen LogP contribution is -2.27. The van der Waals surface area contributed by atoms with Crippen LogP contribution in [-0.2, 0) is 0 Å². The van der Waals surface area contributed by atoms with Crippen molar-refractivity contribution < 1.29 is 9.72 Å². The normalized spacial score (nSPS) is 11.8. The summed E-state index contributed by atoms with van der Waals surface area (Å²) < 4.78 is 0. The van der Waals surface area contributed by atoms with E-state index in [9.17, 15) is 14.9 Å². The molecule has 2 aromatic rings. The number of nitrogens with one attached hydrogen (secondary N) is 2. The van der Waals surface area contributed by atoms with Crippen LogP contribution in [0.2, 0.25) is 0 Å². The summed E-state index contributed by atoms with van der Waals surface area (Å²) >= 11 is 3.48. The summed E-state index contributed by atoms with van der Waals surface area (Å²) in [5.41, 5.74) is 1.22. The molecule has 104 valence electrons. The van der Waals surface area contributed by atoms with E-state index in [1.807, 2.05) is 30.3 Å². The molecular weight excluding hydrogens is 326 g/mol. The standard InChI is InChI=1S/C13H12BrN3O3/c14-10(9-4-2-1-3-5-9)8-15-13(18)11-6-7-12(16-11)17(19)20/h1-7,10,16H,8H2,(H,15,18). The number of aromatic amines is 1. The van der Waals surface area contributed by atoms with Crippen LogP contribution >= 0.6 is 15.9 Å². The van der Waals surface area contributed by atoms with Crippen LogP contribution in [-0.4, -0.2) is 22.4 Å². The zero-order chi connectivity index (χ0) is 14.5. The third kappa shape index (κ3) is 3.45. The van der Waals surface area contributed by atoms with Crippen molar-refractivity contribution in [3.8, 4) is 0 Å². The highest BCUT2D eigenvalue weighted by Crippen LogP contribution is 2.21. The van der Waals surface area contributed by atoms with Crippen molar-refractivity contribution in [2.45, 2.75) is 4.83 Å². The van der Waals surface area contributed by atoms with Gasteiger partial charge >= 0.3 is 5.82 Å². The van der Waals surface area contributed by atoms with Crippen LogP contribution in [0.4, 0.5) is 5.82 Å². The number of hydrogen-bond donors (Lipinski definition) is 2. The number of rotatable bonds is 5. The largest absolute Gasteiger partial charge is 0.358 e. The third-order valence-electron chi connectivity index (χ3n) is 2.72. The molecule has 0 aliphatic rings. The fourth-order valence-electron chi connectivity index (χ4n) is 1.68. The molecule has 6 nitrogen and oxygen atoms in total. The zero-order valence-electron chi connectivity index (χ0n) is 10.4. The van der Waals surface area contributed by atoms with Gasteiger partial charge in [0.2, 0.25) is 0 Å². The van der Waals surface area contributed by atoms with Gasteiger partial charge in [0, 0.05) is 12.6 Å². The number of aromatic nitrogens is 1. The molecule has 0 saturated carbocycles. The van der Waals surface area contributed by atoms with Crippen LogP contribution in [0.1, 0.15) is 20.9 Å². The van der Waals surface area contributed by atoms with Gasteiger partial charge in [0.25, 0.3) is 5.91 Å². The Hall–Kier alpha value is -2.15. The minimum Gasteiger partial charge on any atom is -0.358 e. The Kier molecular flexibility index (Phi) is 4.52. The van der Waals surface area contributed by atoms with E-state index in [0.29, 0.717) is 6.54 Å². The molecule has 2 N–H and O–H groups in total. The molecule has 1 unspecified atom stereocenters. The summed E-state index contributed by atoms with van der Waals surface area (Å²) in [6.45, 7) is 0.385. The van der Waals surface area contributed by atoms with E-state index in [1.54, 1.807) is 0 Å². The van der Waals surface area contributed by atoms with Gasteiger partial charge in [-0.15, -0.1) is 0 Å². The van der Waals surface area contributed by atoms with E-state index in [4.69, 9.17) is 0 Å². The highest BCUT2D eigenvalue weighted by Gasteiger charge is 2.16. The predicted octanol–water partition coefficient (Wildman–Crippen LogP) is 2.79. The Morgan fingerprint density at radius 2 is 2.00 bits per heavy atom. The lowest BCUT2D eigenvalue weighted by atomic mass is 10.1. The molecule has 1 aromatic heterocycles. The van der Waals surface area contributed by atoms with Gasteiger partial charge in [0.1, 0.15) is 0 Å². The Morgan fingerprint density at radius 1 is 1.30 bits per heavy atom. The molecule has 0 aliphatic carbocycles. The number of carbonyl (C=O) groups excluding carboxylic acids is 1. The summed E-state index contributed by atoms with van der Waals surface area (Å²) in [4.78, 5) is 24.2. The van der Waals surface area contributed by atoms with Crippen LogP contribution in [0, 0.1) is 10.1 Å². The van der Waals surface area contributed by atoms with Gasteiger partial charge in [0.05, 0.1) is 4.83 Å². The molecule has 0 radical (unpaired) electrons. The van der Waals surface area contributed by atoms with Gasteiger partial charge in [0.15, 0.2) is 5.69 Å². The average molecular weight is 338 g/mol. The lowest BCUT2D eigenvalue weighted by molar-refractivity contribution is -0.389. The SMILES string of the molecule is O=C(NCC(Br)c1ccccc1)c1ccc([N+](=O)[O-])[nH]1. The minimum atomic E-state index is -0.575. The fourth-order valence-corrected chi connectivity index (χ4v) is 2.15. The topological polar surface area (TPSA) is 88.0 Å². The van der Waals surface area contributed by atoms with Gasteiger partial charge in [-0.3, -0.25) is 4.79 Å². The monoisotopic (exact) mass is 337 g/mol. The number of amides is 1. The first-order chi connectivity index (χ1) is 9.58. The molecule has 1 atom stereocenters. The van der Waals surface area contributed by atoms with E-state index in [-0.39, 0.29) is 22.2 Å². The molecule has 0 saturated heterocycles. The summed E-state index contributed by atoms with van der Waals surface area (Å²) in [5.74, 6) is -0.577. The number of halogens is 1. The number of H-pyrrole nitrogens is 1. The highest BCUT2D eigenvalue weighted by atomic mass is 79.9. The van der Waals surface area contributed by atoms with Crippen LogP contribution < -0.4 is 5.32 Å². The number of hydrogen-bond acceptors (Lipinski definition) is 3. The van der Waals surface area contributed by atoms with Crippen molar-refractivity contribution in [2.24, 2.45) is 0 Å². The molecule has 0 spiro atoms. The smallest absolute Gasteiger partial charge is 0.321 e. The van der Waals surface area contributed by atoms with E-state index in [0.717, 1.165) is 5.56 Å². The van der Waals surface area contributed by atoms with Crippen molar-refractivity contribution in [3.63, 3.8) is 0 Å². The van der Waals surface area contributed by atoms with Crippen molar-refractivity contribution in [2.75, 3.05) is 6.54 Å². The first-order valence-corrected chi connectivity index (χ1v) is 6.80. The Balaban J connectivity index is 1.93. The average Bonchev–Trinajstić information content (AvgIpc) is 2.95. The zero-order valence-corrected chi connectivity index (χ0v) is 12.0. The third-order valence-corrected chi connectivity index (χ3v) is 3.57. The van der Waals surface area contributed by atoms with Gasteiger partial charge < -0.3 is 15.4 Å². The maximum Gasteiger partial charge on any atom is 0.321 e. The molecule has 0 fully saturated rings. The maximum absolute atomic E-state index is 11.8. The van der Waals surface area contributed by atoms with Crippen LogP contribution in [0.5, 0.6) is 0 Å². The molecular formula is C13H12BrN3O3. The number of nitro groups is 1. The number of benzene rings is 1. The summed E-state index contributed by atoms with van der Waals surface area (Å²) in [5, 5.41) is 13.2. The molecule has 1 heterocycles. The number of alkyl halides is 1. The van der Waals surface area contributed by atoms with E-state index < -0.39 is 4.92 Å². The maximum atomic E-state index is 11.8. The van der Waals surface area contributed by atoms with E-state index in [2.05, 4.69) is 26.2 Å². The van der Waals surface area contributed by atoms with Gasteiger partial charge in [-0.25, -0.2) is 4.98 Å². The molecule has 1 aromatic carbocycles. The Morgan fingerprint density at radius 3 is 2.60 bits per heavy atom. The molecule has 2 rings (SSSR count). The van der Waals surface area contributed by atoms with Crippen molar-refractivity contribution in [3.05, 3.63) is 63.8 Å². The van der Waals surface area contributed by atoms with Crippen molar-refractivity contribution >= 4 is 27.7 Å². The summed E-state index contributed by atoms with van der Waals surface area (Å²) in [7, 11) is 0. The second-order valence-electron chi connectivity index (χ2n) is 4.10. The fraction of sp³-hybridized carbons (Fsp3) is 0.154. The first-order valence-electron chi connectivity index (χ1n) is 5.88. The first kappa shape index (κ1) is 14.3. The van der Waals surface area contributed by atoms with Gasteiger partial charge in [-0.05, 0) is 16.6 Å². The molecule has 0 aliphatic heterocycles. The van der Waals surface area contributed by atoms with E-state index in [1.165, 1.54) is 12.1 Å². The van der Waals surface area contributed by atoms with Crippen LogP contribution in [0.15, 0.2) is 42.5 Å². The van der Waals surface area contributed by atoms with Crippen molar-refractivity contribution in [1.82, 2.24) is 10.3 Å².